The molecule has 0 saturated carbocycles. The van der Waals surface area contributed by atoms with Gasteiger partial charge in [-0.15, -0.1) is 0 Å². The van der Waals surface area contributed by atoms with Gasteiger partial charge in [-0.3, -0.25) is 0 Å². The molecule has 1 aromatic carbocycles. The van der Waals surface area contributed by atoms with Gasteiger partial charge >= 0.3 is 0 Å². The summed E-state index contributed by atoms with van der Waals surface area (Å²) in [6.45, 7) is 12.5. The third kappa shape index (κ3) is 4.02. The monoisotopic (exact) mass is 249 g/mol. The zero-order chi connectivity index (χ0) is 13.5. The smallest absolute Gasteiger partial charge is 0.0726 e. The highest BCUT2D eigenvalue weighted by atomic mass is 16.5. The molecule has 1 saturated heterocycles. The van der Waals surface area contributed by atoms with Crippen LogP contribution in [-0.4, -0.2) is 25.3 Å². The average molecular weight is 249 g/mol. The minimum absolute atomic E-state index is 0.328. The van der Waals surface area contributed by atoms with E-state index in [1.54, 1.807) is 0 Å². The van der Waals surface area contributed by atoms with E-state index in [9.17, 15) is 0 Å². The molecule has 2 atom stereocenters. The van der Waals surface area contributed by atoms with Crippen molar-refractivity contribution in [1.82, 2.24) is 0 Å². The predicted octanol–water partition coefficient (Wildman–Crippen LogP) is 3.89. The maximum Gasteiger partial charge on any atom is 0.0726 e. The number of hydrogen-bond donors (Lipinski definition) is 0. The highest BCUT2D eigenvalue weighted by Gasteiger charge is 2.22. The van der Waals surface area contributed by atoms with Gasteiger partial charge in [0.25, 0.3) is 0 Å². The SMILES string of the molecule is CC.CCc1cccc(N2CC(C)OC(C)C2)c1. The Morgan fingerprint density at radius 2 is 1.78 bits per heavy atom. The number of rotatable bonds is 2. The summed E-state index contributed by atoms with van der Waals surface area (Å²) in [5.74, 6) is 0. The Labute approximate surface area is 112 Å². The van der Waals surface area contributed by atoms with Crippen molar-refractivity contribution in [2.24, 2.45) is 0 Å². The molecule has 0 radical (unpaired) electrons. The maximum atomic E-state index is 5.75. The first kappa shape index (κ1) is 15.0. The van der Waals surface area contributed by atoms with E-state index in [1.165, 1.54) is 11.3 Å². The summed E-state index contributed by atoms with van der Waals surface area (Å²) >= 11 is 0. The van der Waals surface area contributed by atoms with E-state index in [1.807, 2.05) is 13.8 Å². The van der Waals surface area contributed by atoms with Gasteiger partial charge in [-0.05, 0) is 38.0 Å². The van der Waals surface area contributed by atoms with Crippen molar-refractivity contribution in [2.45, 2.75) is 53.2 Å². The van der Waals surface area contributed by atoms with Gasteiger partial charge in [0.1, 0.15) is 0 Å². The normalized spacial score (nSPS) is 23.3. The maximum absolute atomic E-state index is 5.75. The summed E-state index contributed by atoms with van der Waals surface area (Å²) in [7, 11) is 0. The second-order valence-electron chi connectivity index (χ2n) is 4.69. The van der Waals surface area contributed by atoms with Crippen LogP contribution in [0.25, 0.3) is 0 Å². The van der Waals surface area contributed by atoms with Crippen LogP contribution in [0.4, 0.5) is 5.69 Å². The Bertz CT molecular complexity index is 341. The molecule has 1 fully saturated rings. The van der Waals surface area contributed by atoms with Crippen molar-refractivity contribution in [3.8, 4) is 0 Å². The molecule has 1 aliphatic heterocycles. The van der Waals surface area contributed by atoms with E-state index < -0.39 is 0 Å². The number of morpholine rings is 1. The van der Waals surface area contributed by atoms with Crippen molar-refractivity contribution < 1.29 is 4.74 Å². The Morgan fingerprint density at radius 3 is 2.33 bits per heavy atom. The van der Waals surface area contributed by atoms with E-state index in [2.05, 4.69) is 49.9 Å². The van der Waals surface area contributed by atoms with Gasteiger partial charge in [0.2, 0.25) is 0 Å². The van der Waals surface area contributed by atoms with E-state index >= 15 is 0 Å². The molecule has 0 aromatic heterocycles. The number of hydrogen-bond acceptors (Lipinski definition) is 2. The largest absolute Gasteiger partial charge is 0.372 e. The van der Waals surface area contributed by atoms with E-state index in [4.69, 9.17) is 4.74 Å². The first-order valence-corrected chi connectivity index (χ1v) is 7.18. The van der Waals surface area contributed by atoms with Gasteiger partial charge in [0, 0.05) is 18.8 Å². The molecule has 1 heterocycles. The molecule has 0 aliphatic carbocycles. The van der Waals surface area contributed by atoms with Crippen LogP contribution in [0.5, 0.6) is 0 Å². The van der Waals surface area contributed by atoms with Gasteiger partial charge in [-0.1, -0.05) is 32.9 Å². The molecule has 0 bridgehead atoms. The molecule has 0 N–H and O–H groups in total. The lowest BCUT2D eigenvalue weighted by Gasteiger charge is -2.37. The summed E-state index contributed by atoms with van der Waals surface area (Å²) in [6.07, 6.45) is 1.76. The Kier molecular flexibility index (Phi) is 6.20. The second-order valence-corrected chi connectivity index (χ2v) is 4.69. The predicted molar refractivity (Wildman–Crippen MR) is 79.4 cm³/mol. The van der Waals surface area contributed by atoms with Crippen LogP contribution in [0.15, 0.2) is 24.3 Å². The Hall–Kier alpha value is -1.02. The first-order chi connectivity index (χ1) is 8.69. The molecule has 0 amide bonds. The fourth-order valence-electron chi connectivity index (χ4n) is 2.36. The third-order valence-electron chi connectivity index (χ3n) is 3.10. The average Bonchev–Trinajstić information content (AvgIpc) is 2.40. The molecule has 1 aliphatic rings. The standard InChI is InChI=1S/C14H21NO.C2H6/c1-4-13-6-5-7-14(8-13)15-9-11(2)16-12(3)10-15;1-2/h5-8,11-12H,4,9-10H2,1-3H3;1-2H3. The zero-order valence-corrected chi connectivity index (χ0v) is 12.4. The van der Waals surface area contributed by atoms with Crippen molar-refractivity contribution in [3.05, 3.63) is 29.8 Å². The molecule has 0 spiro atoms. The molecule has 2 heteroatoms. The summed E-state index contributed by atoms with van der Waals surface area (Å²) in [5, 5.41) is 0. The van der Waals surface area contributed by atoms with Gasteiger partial charge in [-0.25, -0.2) is 0 Å². The van der Waals surface area contributed by atoms with Crippen molar-refractivity contribution in [1.29, 1.82) is 0 Å². The molecule has 102 valence electrons. The second kappa shape index (κ2) is 7.42. The topological polar surface area (TPSA) is 12.5 Å². The van der Waals surface area contributed by atoms with Crippen LogP contribution in [0, 0.1) is 0 Å². The zero-order valence-electron chi connectivity index (χ0n) is 12.4. The fourth-order valence-corrected chi connectivity index (χ4v) is 2.36. The van der Waals surface area contributed by atoms with Crippen molar-refractivity contribution in [3.63, 3.8) is 0 Å². The van der Waals surface area contributed by atoms with E-state index in [0.717, 1.165) is 19.5 Å². The van der Waals surface area contributed by atoms with Crippen LogP contribution >= 0.6 is 0 Å². The van der Waals surface area contributed by atoms with Crippen molar-refractivity contribution in [2.75, 3.05) is 18.0 Å². The number of ether oxygens (including phenoxy) is 1. The number of aryl methyl sites for hydroxylation is 1. The number of anilines is 1. The Balaban J connectivity index is 0.000000771. The molecule has 2 nitrogen and oxygen atoms in total. The van der Waals surface area contributed by atoms with Gasteiger partial charge < -0.3 is 9.64 Å². The highest BCUT2D eigenvalue weighted by Crippen LogP contribution is 2.21. The minimum atomic E-state index is 0.328. The lowest BCUT2D eigenvalue weighted by molar-refractivity contribution is -0.00522. The van der Waals surface area contributed by atoms with Crippen LogP contribution in [0.1, 0.15) is 40.2 Å². The number of benzene rings is 1. The third-order valence-corrected chi connectivity index (χ3v) is 3.10. The lowest BCUT2D eigenvalue weighted by atomic mass is 10.1. The molecule has 2 rings (SSSR count). The Morgan fingerprint density at radius 1 is 1.17 bits per heavy atom. The van der Waals surface area contributed by atoms with Gasteiger partial charge in [-0.2, -0.15) is 0 Å². The number of nitrogens with zero attached hydrogens (tertiary/aromatic N) is 1. The van der Waals surface area contributed by atoms with Crippen LogP contribution in [0.2, 0.25) is 0 Å². The minimum Gasteiger partial charge on any atom is -0.372 e. The van der Waals surface area contributed by atoms with E-state index in [0.29, 0.717) is 12.2 Å². The van der Waals surface area contributed by atoms with Crippen LogP contribution in [-0.2, 0) is 11.2 Å². The summed E-state index contributed by atoms with van der Waals surface area (Å²) in [4.78, 5) is 2.43. The van der Waals surface area contributed by atoms with Crippen molar-refractivity contribution >= 4 is 5.69 Å². The first-order valence-electron chi connectivity index (χ1n) is 7.18. The van der Waals surface area contributed by atoms with E-state index in [-0.39, 0.29) is 0 Å². The highest BCUT2D eigenvalue weighted by molar-refractivity contribution is 5.49. The quantitative estimate of drug-likeness (QED) is 0.788. The lowest BCUT2D eigenvalue weighted by Crippen LogP contribution is -2.45. The molecule has 2 unspecified atom stereocenters. The molecular formula is C16H27NO. The van der Waals surface area contributed by atoms with Gasteiger partial charge in [0.15, 0.2) is 0 Å². The van der Waals surface area contributed by atoms with Crippen LogP contribution < -0.4 is 4.90 Å². The van der Waals surface area contributed by atoms with Crippen LogP contribution in [0.3, 0.4) is 0 Å². The molecular weight excluding hydrogens is 222 g/mol. The van der Waals surface area contributed by atoms with Gasteiger partial charge in [0.05, 0.1) is 12.2 Å². The summed E-state index contributed by atoms with van der Waals surface area (Å²) in [6, 6.07) is 8.84. The summed E-state index contributed by atoms with van der Waals surface area (Å²) in [5.41, 5.74) is 2.74. The fraction of sp³-hybridized carbons (Fsp3) is 0.625. The molecule has 18 heavy (non-hydrogen) atoms. The molecule has 1 aromatic rings. The summed E-state index contributed by atoms with van der Waals surface area (Å²) < 4.78 is 5.75.